The van der Waals surface area contributed by atoms with Crippen molar-refractivity contribution in [3.63, 3.8) is 0 Å². The Bertz CT molecular complexity index is 1210. The van der Waals surface area contributed by atoms with Crippen molar-refractivity contribution in [1.29, 1.82) is 0 Å². The monoisotopic (exact) mass is 393 g/mol. The number of nitrogens with zero attached hydrogens (tertiary/aromatic N) is 3. The van der Waals surface area contributed by atoms with Gasteiger partial charge in [-0.1, -0.05) is 13.0 Å². The highest BCUT2D eigenvalue weighted by Gasteiger charge is 2.15. The molecule has 0 aliphatic carbocycles. The number of carbonyl (C=O) groups is 1. The average Bonchev–Trinajstić information content (AvgIpc) is 3.27. The third-order valence-electron chi connectivity index (χ3n) is 5.07. The quantitative estimate of drug-likeness (QED) is 0.523. The fourth-order valence-corrected chi connectivity index (χ4v) is 3.73. The van der Waals surface area contributed by atoms with Crippen LogP contribution in [0.15, 0.2) is 30.3 Å². The number of hydrogen-bond acceptors (Lipinski definition) is 3. The molecular formula is C22H24FN5O. The lowest BCUT2D eigenvalue weighted by Crippen LogP contribution is -2.25. The number of nitrogens with one attached hydrogen (secondary N) is 2. The number of amides is 1. The Labute approximate surface area is 168 Å². The molecule has 0 saturated heterocycles. The molecule has 6 nitrogen and oxygen atoms in total. The number of benzene rings is 1. The van der Waals surface area contributed by atoms with Crippen molar-refractivity contribution in [3.05, 3.63) is 58.7 Å². The van der Waals surface area contributed by atoms with E-state index < -0.39 is 6.67 Å². The van der Waals surface area contributed by atoms with E-state index in [1.807, 2.05) is 19.1 Å². The van der Waals surface area contributed by atoms with Gasteiger partial charge in [-0.15, -0.1) is 0 Å². The predicted molar refractivity (Wildman–Crippen MR) is 112 cm³/mol. The standard InChI is InChI=1S/C22H24FN5O/c1-4-19-27-20-13(2)9-14(3)25-21(20)28(19)12-15-5-6-17-16(10-15)11-18(26-17)22(29)24-8-7-23/h5-6,9-11,26H,4,7-8,12H2,1-3H3,(H,24,29). The van der Waals surface area contributed by atoms with Gasteiger partial charge in [-0.2, -0.15) is 0 Å². The van der Waals surface area contributed by atoms with Crippen LogP contribution in [0.1, 0.15) is 40.1 Å². The van der Waals surface area contributed by atoms with Crippen LogP contribution in [-0.4, -0.2) is 38.6 Å². The Morgan fingerprint density at radius 2 is 2.03 bits per heavy atom. The highest BCUT2D eigenvalue weighted by Crippen LogP contribution is 2.23. The molecule has 1 aromatic carbocycles. The third kappa shape index (κ3) is 3.60. The average molecular weight is 393 g/mol. The van der Waals surface area contributed by atoms with Crippen LogP contribution in [0.2, 0.25) is 0 Å². The SMILES string of the molecule is CCc1nc2c(C)cc(C)nc2n1Cc1ccc2[nH]c(C(=O)NCCF)cc2c1. The second kappa shape index (κ2) is 7.66. The Hall–Kier alpha value is -3.22. The fraction of sp³-hybridized carbons (Fsp3) is 0.318. The maximum absolute atomic E-state index is 12.3. The van der Waals surface area contributed by atoms with E-state index in [2.05, 4.69) is 40.8 Å². The molecule has 1 amide bonds. The minimum atomic E-state index is -0.582. The van der Waals surface area contributed by atoms with Crippen molar-refractivity contribution in [2.75, 3.05) is 13.2 Å². The molecule has 4 rings (SSSR count). The summed E-state index contributed by atoms with van der Waals surface area (Å²) in [6.07, 6.45) is 0.820. The number of fused-ring (bicyclic) bond motifs is 2. The van der Waals surface area contributed by atoms with Crippen LogP contribution in [-0.2, 0) is 13.0 Å². The van der Waals surface area contributed by atoms with Crippen molar-refractivity contribution in [1.82, 2.24) is 24.8 Å². The van der Waals surface area contributed by atoms with Crippen LogP contribution >= 0.6 is 0 Å². The highest BCUT2D eigenvalue weighted by molar-refractivity contribution is 5.98. The number of aromatic nitrogens is 4. The molecule has 0 atom stereocenters. The van der Waals surface area contributed by atoms with Crippen molar-refractivity contribution < 1.29 is 9.18 Å². The normalized spacial score (nSPS) is 11.4. The van der Waals surface area contributed by atoms with Crippen LogP contribution in [0.25, 0.3) is 22.1 Å². The number of carbonyl (C=O) groups excluding carboxylic acids is 1. The Morgan fingerprint density at radius 3 is 2.79 bits per heavy atom. The van der Waals surface area contributed by atoms with Gasteiger partial charge in [0.15, 0.2) is 5.65 Å². The van der Waals surface area contributed by atoms with Crippen LogP contribution in [0, 0.1) is 13.8 Å². The zero-order chi connectivity index (χ0) is 20.5. The van der Waals surface area contributed by atoms with Gasteiger partial charge in [-0.05, 0) is 49.2 Å². The number of rotatable bonds is 6. The van der Waals surface area contributed by atoms with Gasteiger partial charge in [0.25, 0.3) is 5.91 Å². The summed E-state index contributed by atoms with van der Waals surface area (Å²) in [7, 11) is 0. The number of aryl methyl sites for hydroxylation is 3. The second-order valence-corrected chi connectivity index (χ2v) is 7.27. The minimum absolute atomic E-state index is 0.0127. The van der Waals surface area contributed by atoms with E-state index in [0.29, 0.717) is 12.2 Å². The number of hydrogen-bond donors (Lipinski definition) is 2. The number of pyridine rings is 1. The molecule has 0 saturated carbocycles. The molecule has 3 heterocycles. The molecule has 7 heteroatoms. The molecule has 0 aliphatic heterocycles. The summed E-state index contributed by atoms with van der Waals surface area (Å²) in [5.41, 5.74) is 6.36. The van der Waals surface area contributed by atoms with E-state index in [1.165, 1.54) is 0 Å². The maximum Gasteiger partial charge on any atom is 0.267 e. The van der Waals surface area contributed by atoms with Gasteiger partial charge in [-0.25, -0.2) is 14.4 Å². The van der Waals surface area contributed by atoms with Crippen LogP contribution in [0.5, 0.6) is 0 Å². The van der Waals surface area contributed by atoms with Gasteiger partial charge in [0.1, 0.15) is 23.7 Å². The van der Waals surface area contributed by atoms with Crippen molar-refractivity contribution >= 4 is 28.0 Å². The van der Waals surface area contributed by atoms with E-state index in [0.717, 1.165) is 51.1 Å². The molecule has 3 aromatic heterocycles. The number of halogens is 1. The largest absolute Gasteiger partial charge is 0.351 e. The molecule has 0 aliphatic rings. The second-order valence-electron chi connectivity index (χ2n) is 7.27. The highest BCUT2D eigenvalue weighted by atomic mass is 19.1. The first-order valence-corrected chi connectivity index (χ1v) is 9.79. The van der Waals surface area contributed by atoms with Crippen molar-refractivity contribution in [3.8, 4) is 0 Å². The van der Waals surface area contributed by atoms with Gasteiger partial charge in [0, 0.05) is 29.6 Å². The molecule has 0 unspecified atom stereocenters. The molecule has 4 aromatic rings. The van der Waals surface area contributed by atoms with Crippen molar-refractivity contribution in [2.45, 2.75) is 33.7 Å². The molecule has 0 bridgehead atoms. The van der Waals surface area contributed by atoms with E-state index >= 15 is 0 Å². The van der Waals surface area contributed by atoms with Gasteiger partial charge < -0.3 is 14.9 Å². The Balaban J connectivity index is 1.70. The lowest BCUT2D eigenvalue weighted by molar-refractivity contribution is 0.0946. The summed E-state index contributed by atoms with van der Waals surface area (Å²) in [5, 5.41) is 3.48. The molecule has 150 valence electrons. The summed E-state index contributed by atoms with van der Waals surface area (Å²) >= 11 is 0. The topological polar surface area (TPSA) is 75.6 Å². The molecule has 0 radical (unpaired) electrons. The van der Waals surface area contributed by atoms with Gasteiger partial charge in [0.05, 0.1) is 6.54 Å². The van der Waals surface area contributed by atoms with Gasteiger partial charge >= 0.3 is 0 Å². The summed E-state index contributed by atoms with van der Waals surface area (Å²) in [4.78, 5) is 24.7. The summed E-state index contributed by atoms with van der Waals surface area (Å²) in [6, 6.07) is 9.92. The predicted octanol–water partition coefficient (Wildman–Crippen LogP) is 3.84. The summed E-state index contributed by atoms with van der Waals surface area (Å²) in [5.74, 6) is 0.700. The number of aromatic amines is 1. The maximum atomic E-state index is 12.3. The molecular weight excluding hydrogens is 369 g/mol. The minimum Gasteiger partial charge on any atom is -0.351 e. The number of alkyl halides is 1. The molecule has 0 spiro atoms. The first-order valence-electron chi connectivity index (χ1n) is 9.79. The first kappa shape index (κ1) is 19.1. The first-order chi connectivity index (χ1) is 14.0. The zero-order valence-corrected chi connectivity index (χ0v) is 16.8. The third-order valence-corrected chi connectivity index (χ3v) is 5.07. The zero-order valence-electron chi connectivity index (χ0n) is 16.8. The Morgan fingerprint density at radius 1 is 1.21 bits per heavy atom. The van der Waals surface area contributed by atoms with Gasteiger partial charge in [-0.3, -0.25) is 4.79 Å². The lowest BCUT2D eigenvalue weighted by atomic mass is 10.1. The van der Waals surface area contributed by atoms with E-state index in [9.17, 15) is 9.18 Å². The van der Waals surface area contributed by atoms with E-state index in [4.69, 9.17) is 9.97 Å². The van der Waals surface area contributed by atoms with Crippen LogP contribution in [0.4, 0.5) is 4.39 Å². The molecule has 29 heavy (non-hydrogen) atoms. The Kier molecular flexibility index (Phi) is 5.05. The molecule has 2 N–H and O–H groups in total. The summed E-state index contributed by atoms with van der Waals surface area (Å²) < 4.78 is 14.5. The van der Waals surface area contributed by atoms with Gasteiger partial charge in [0.2, 0.25) is 0 Å². The number of imidazole rings is 1. The van der Waals surface area contributed by atoms with Crippen LogP contribution in [0.3, 0.4) is 0 Å². The fourth-order valence-electron chi connectivity index (χ4n) is 3.73. The van der Waals surface area contributed by atoms with Crippen LogP contribution < -0.4 is 5.32 Å². The lowest BCUT2D eigenvalue weighted by Gasteiger charge is -2.09. The van der Waals surface area contributed by atoms with E-state index in [-0.39, 0.29) is 12.5 Å². The van der Waals surface area contributed by atoms with E-state index in [1.54, 1.807) is 6.07 Å². The summed E-state index contributed by atoms with van der Waals surface area (Å²) in [6.45, 7) is 6.24. The van der Waals surface area contributed by atoms with Crippen molar-refractivity contribution in [2.24, 2.45) is 0 Å². The smallest absolute Gasteiger partial charge is 0.267 e. The number of H-pyrrole nitrogens is 1. The molecule has 0 fully saturated rings.